The number of phenolic OH excluding ortho intramolecular Hbond substituents is 1. The molecule has 0 saturated heterocycles. The number of aromatic hydroxyl groups is 1. The number of amides is 3. The number of aromatic nitrogens is 2. The molecule has 0 aliphatic rings. The van der Waals surface area contributed by atoms with Gasteiger partial charge in [-0.1, -0.05) is 26.0 Å². The average molecular weight is 521 g/mol. The van der Waals surface area contributed by atoms with Gasteiger partial charge in [-0.3, -0.25) is 14.4 Å². The van der Waals surface area contributed by atoms with E-state index >= 15 is 0 Å². The number of carbonyl (C=O) groups is 4. The Balaban J connectivity index is 2.28. The van der Waals surface area contributed by atoms with E-state index in [4.69, 9.17) is 5.73 Å². The standard InChI is InChI=1S/C23H32N6O6S/c1-12(2)19(24)22(33)28-17(8-14-9-25-11-26-14)21(32)27-16(7-13-3-5-15(30)6-4-13)20(31)29-18(10-36)23(34)35/h3-6,9,11-12,16-19,30,36H,7-8,10,24H2,1-2H3,(H,25,26)(H,27,32)(H,28,33)(H,29,31)(H,34,35). The van der Waals surface area contributed by atoms with Crippen molar-refractivity contribution in [2.45, 2.75) is 50.9 Å². The van der Waals surface area contributed by atoms with E-state index in [0.717, 1.165) is 0 Å². The van der Waals surface area contributed by atoms with Crippen molar-refractivity contribution in [1.82, 2.24) is 25.9 Å². The van der Waals surface area contributed by atoms with E-state index in [9.17, 15) is 29.4 Å². The predicted molar refractivity (Wildman–Crippen MR) is 134 cm³/mol. The Morgan fingerprint density at radius 3 is 2.03 bits per heavy atom. The Morgan fingerprint density at radius 2 is 1.53 bits per heavy atom. The van der Waals surface area contributed by atoms with Crippen molar-refractivity contribution >= 4 is 36.3 Å². The predicted octanol–water partition coefficient (Wildman–Crippen LogP) is -0.647. The van der Waals surface area contributed by atoms with Crippen LogP contribution in [0.1, 0.15) is 25.1 Å². The summed E-state index contributed by atoms with van der Waals surface area (Å²) < 4.78 is 0. The summed E-state index contributed by atoms with van der Waals surface area (Å²) in [6.45, 7) is 3.54. The maximum atomic E-state index is 13.3. The number of rotatable bonds is 13. The smallest absolute Gasteiger partial charge is 0.327 e. The van der Waals surface area contributed by atoms with Crippen LogP contribution in [0.4, 0.5) is 0 Å². The number of H-pyrrole nitrogens is 1. The summed E-state index contributed by atoms with van der Waals surface area (Å²) in [5, 5.41) is 26.4. The summed E-state index contributed by atoms with van der Waals surface area (Å²) in [5.41, 5.74) is 7.10. The molecule has 12 nitrogen and oxygen atoms in total. The molecular formula is C23H32N6O6S. The number of nitrogens with two attached hydrogens (primary N) is 1. The summed E-state index contributed by atoms with van der Waals surface area (Å²) >= 11 is 3.95. The number of hydrogen-bond acceptors (Lipinski definition) is 8. The Kier molecular flexibility index (Phi) is 10.7. The maximum absolute atomic E-state index is 13.3. The number of benzene rings is 1. The Labute approximate surface area is 213 Å². The molecule has 0 fully saturated rings. The van der Waals surface area contributed by atoms with E-state index in [2.05, 4.69) is 38.5 Å². The zero-order valence-corrected chi connectivity index (χ0v) is 20.9. The van der Waals surface area contributed by atoms with Crippen molar-refractivity contribution in [2.24, 2.45) is 11.7 Å². The minimum Gasteiger partial charge on any atom is -0.508 e. The van der Waals surface area contributed by atoms with Crippen molar-refractivity contribution in [3.8, 4) is 5.75 Å². The highest BCUT2D eigenvalue weighted by Crippen LogP contribution is 2.12. The van der Waals surface area contributed by atoms with Gasteiger partial charge >= 0.3 is 5.97 Å². The molecule has 0 aliphatic heterocycles. The Hall–Kier alpha value is -3.58. The van der Waals surface area contributed by atoms with E-state index in [1.807, 2.05) is 0 Å². The van der Waals surface area contributed by atoms with Crippen molar-refractivity contribution in [2.75, 3.05) is 5.75 Å². The minimum absolute atomic E-state index is 0.00695. The van der Waals surface area contributed by atoms with Crippen LogP contribution >= 0.6 is 12.6 Å². The fraction of sp³-hybridized carbons (Fsp3) is 0.435. The molecule has 1 heterocycles. The number of aliphatic carboxylic acids is 1. The third-order valence-corrected chi connectivity index (χ3v) is 5.80. The summed E-state index contributed by atoms with van der Waals surface area (Å²) in [7, 11) is 0. The number of carboxylic acid groups (broad SMARTS) is 1. The van der Waals surface area contributed by atoms with Crippen molar-refractivity contribution in [3.63, 3.8) is 0 Å². The number of nitrogens with one attached hydrogen (secondary N) is 4. The lowest BCUT2D eigenvalue weighted by atomic mass is 10.0. The maximum Gasteiger partial charge on any atom is 0.327 e. The molecule has 0 saturated carbocycles. The monoisotopic (exact) mass is 520 g/mol. The van der Waals surface area contributed by atoms with E-state index in [1.54, 1.807) is 26.0 Å². The Morgan fingerprint density at radius 1 is 0.972 bits per heavy atom. The molecule has 13 heteroatoms. The van der Waals surface area contributed by atoms with Crippen molar-refractivity contribution in [1.29, 1.82) is 0 Å². The van der Waals surface area contributed by atoms with E-state index in [0.29, 0.717) is 11.3 Å². The molecule has 8 N–H and O–H groups in total. The molecule has 2 aromatic rings. The van der Waals surface area contributed by atoms with Crippen LogP contribution < -0.4 is 21.7 Å². The molecule has 2 rings (SSSR count). The third-order valence-electron chi connectivity index (χ3n) is 5.44. The van der Waals surface area contributed by atoms with Gasteiger partial charge in [0.15, 0.2) is 0 Å². The van der Waals surface area contributed by atoms with E-state index in [-0.39, 0.29) is 30.3 Å². The van der Waals surface area contributed by atoms with Gasteiger partial charge in [0.25, 0.3) is 0 Å². The highest BCUT2D eigenvalue weighted by molar-refractivity contribution is 7.80. The number of nitrogens with zero attached hydrogens (tertiary/aromatic N) is 1. The first-order chi connectivity index (χ1) is 17.0. The second-order valence-corrected chi connectivity index (χ2v) is 8.99. The lowest BCUT2D eigenvalue weighted by Crippen LogP contribution is -2.58. The molecular weight excluding hydrogens is 488 g/mol. The fourth-order valence-electron chi connectivity index (χ4n) is 3.20. The summed E-state index contributed by atoms with van der Waals surface area (Å²) in [4.78, 5) is 57.1. The molecule has 3 amide bonds. The number of hydrogen-bond donors (Lipinski definition) is 8. The second kappa shape index (κ2) is 13.5. The molecule has 36 heavy (non-hydrogen) atoms. The molecule has 0 bridgehead atoms. The summed E-state index contributed by atoms with van der Waals surface area (Å²) in [6, 6.07) is 1.57. The van der Waals surface area contributed by atoms with Gasteiger partial charge in [0, 0.05) is 30.5 Å². The first kappa shape index (κ1) is 28.7. The van der Waals surface area contributed by atoms with E-state index < -0.39 is 47.9 Å². The van der Waals surface area contributed by atoms with Crippen molar-refractivity contribution in [3.05, 3.63) is 48.0 Å². The minimum atomic E-state index is -1.28. The highest BCUT2D eigenvalue weighted by atomic mass is 32.1. The molecule has 4 unspecified atom stereocenters. The van der Waals surface area contributed by atoms with Crippen LogP contribution in [0, 0.1) is 5.92 Å². The quantitative estimate of drug-likeness (QED) is 0.159. The molecule has 0 radical (unpaired) electrons. The van der Waals surface area contributed by atoms with Gasteiger partial charge < -0.3 is 36.9 Å². The largest absolute Gasteiger partial charge is 0.508 e. The van der Waals surface area contributed by atoms with Gasteiger partial charge in [0.2, 0.25) is 17.7 Å². The number of imidazole rings is 1. The van der Waals surface area contributed by atoms with Gasteiger partial charge in [-0.25, -0.2) is 9.78 Å². The Bertz CT molecular complexity index is 1030. The zero-order chi connectivity index (χ0) is 26.8. The number of carbonyl (C=O) groups excluding carboxylic acids is 3. The molecule has 4 atom stereocenters. The molecule has 1 aromatic carbocycles. The number of thiol groups is 1. The molecule has 0 spiro atoms. The van der Waals surface area contributed by atoms with Gasteiger partial charge in [-0.05, 0) is 23.6 Å². The van der Waals surface area contributed by atoms with Crippen LogP contribution in [0.2, 0.25) is 0 Å². The van der Waals surface area contributed by atoms with Crippen LogP contribution in [0.15, 0.2) is 36.8 Å². The van der Waals surface area contributed by atoms with Crippen LogP contribution in [-0.4, -0.2) is 73.8 Å². The van der Waals surface area contributed by atoms with Gasteiger partial charge in [0.05, 0.1) is 12.4 Å². The molecule has 196 valence electrons. The normalized spacial score (nSPS) is 14.4. The van der Waals surface area contributed by atoms with Crippen LogP contribution in [0.3, 0.4) is 0 Å². The summed E-state index contributed by atoms with van der Waals surface area (Å²) in [6.07, 6.45) is 2.97. The lowest BCUT2D eigenvalue weighted by Gasteiger charge is -2.25. The van der Waals surface area contributed by atoms with Gasteiger partial charge in [-0.2, -0.15) is 12.6 Å². The summed E-state index contributed by atoms with van der Waals surface area (Å²) in [5.74, 6) is -3.55. The van der Waals surface area contributed by atoms with Crippen LogP contribution in [0.25, 0.3) is 0 Å². The topological polar surface area (TPSA) is 200 Å². The average Bonchev–Trinajstić information content (AvgIpc) is 3.35. The van der Waals surface area contributed by atoms with Crippen molar-refractivity contribution < 1.29 is 29.4 Å². The van der Waals surface area contributed by atoms with Gasteiger partial charge in [-0.15, -0.1) is 0 Å². The molecule has 0 aliphatic carbocycles. The van der Waals surface area contributed by atoms with Crippen LogP contribution in [0.5, 0.6) is 5.75 Å². The van der Waals surface area contributed by atoms with Gasteiger partial charge in [0.1, 0.15) is 23.9 Å². The van der Waals surface area contributed by atoms with Crippen LogP contribution in [-0.2, 0) is 32.0 Å². The third kappa shape index (κ3) is 8.57. The SMILES string of the molecule is CC(C)C(N)C(=O)NC(Cc1cnc[nH]1)C(=O)NC(Cc1ccc(O)cc1)C(=O)NC(CS)C(=O)O. The second-order valence-electron chi connectivity index (χ2n) is 8.63. The zero-order valence-electron chi connectivity index (χ0n) is 20.0. The highest BCUT2D eigenvalue weighted by Gasteiger charge is 2.31. The van der Waals surface area contributed by atoms with E-state index in [1.165, 1.54) is 24.7 Å². The first-order valence-corrected chi connectivity index (χ1v) is 11.9. The number of aromatic amines is 1. The lowest BCUT2D eigenvalue weighted by molar-refractivity contribution is -0.141. The molecule has 1 aromatic heterocycles. The fourth-order valence-corrected chi connectivity index (χ4v) is 3.45. The first-order valence-electron chi connectivity index (χ1n) is 11.3. The number of phenols is 1. The number of carboxylic acids is 1.